The van der Waals surface area contributed by atoms with Crippen LogP contribution in [0.25, 0.3) is 0 Å². The molecule has 0 aromatic heterocycles. The van der Waals surface area contributed by atoms with Gasteiger partial charge in [0.15, 0.2) is 6.10 Å². The molecule has 1 saturated heterocycles. The molecule has 1 aliphatic rings. The lowest BCUT2D eigenvalue weighted by Gasteiger charge is -2.06. The van der Waals surface area contributed by atoms with Crippen molar-refractivity contribution in [2.24, 2.45) is 0 Å². The molecule has 108 valence electrons. The van der Waals surface area contributed by atoms with Gasteiger partial charge in [-0.3, -0.25) is 4.79 Å². The van der Waals surface area contributed by atoms with Crippen LogP contribution >= 0.6 is 0 Å². The number of benzene rings is 1. The average Bonchev–Trinajstić information content (AvgIpc) is 2.76. The summed E-state index contributed by atoms with van der Waals surface area (Å²) in [4.78, 5) is 34.3. The van der Waals surface area contributed by atoms with Crippen LogP contribution in [0.5, 0.6) is 5.75 Å². The number of carbonyl (C=O) groups is 3. The molecule has 21 heavy (non-hydrogen) atoms. The molecular weight excluding hydrogens is 274 g/mol. The van der Waals surface area contributed by atoms with Crippen molar-refractivity contribution in [3.63, 3.8) is 0 Å². The van der Waals surface area contributed by atoms with Crippen LogP contribution in [0, 0.1) is 0 Å². The molecule has 6 heteroatoms. The number of amides is 1. The Labute approximate surface area is 121 Å². The van der Waals surface area contributed by atoms with Gasteiger partial charge in [-0.15, -0.1) is 0 Å². The van der Waals surface area contributed by atoms with Crippen LogP contribution in [0.4, 0.5) is 0 Å². The first-order chi connectivity index (χ1) is 10.0. The Balaban J connectivity index is 1.83. The van der Waals surface area contributed by atoms with Gasteiger partial charge >= 0.3 is 11.9 Å². The maximum Gasteiger partial charge on any atom is 0.336 e. The van der Waals surface area contributed by atoms with Gasteiger partial charge in [0.2, 0.25) is 0 Å². The predicted octanol–water partition coefficient (Wildman–Crippen LogP) is 1.09. The Kier molecular flexibility index (Phi) is 4.50. The van der Waals surface area contributed by atoms with Crippen molar-refractivity contribution in [1.29, 1.82) is 0 Å². The molecule has 1 fully saturated rings. The second kappa shape index (κ2) is 6.51. The smallest absolute Gasteiger partial charge is 0.336 e. The molecule has 1 atom stereocenters. The van der Waals surface area contributed by atoms with E-state index in [1.807, 2.05) is 0 Å². The third-order valence-electron chi connectivity index (χ3n) is 2.60. The summed E-state index contributed by atoms with van der Waals surface area (Å²) in [5, 5.41) is 2.44. The summed E-state index contributed by atoms with van der Waals surface area (Å²) in [5.74, 6) is -1.56. The minimum absolute atomic E-state index is 0.229. The molecule has 1 aliphatic heterocycles. The Bertz CT molecular complexity index is 606. The van der Waals surface area contributed by atoms with Crippen molar-refractivity contribution in [2.75, 3.05) is 0 Å². The van der Waals surface area contributed by atoms with Crippen LogP contribution in [0.15, 0.2) is 54.8 Å². The van der Waals surface area contributed by atoms with E-state index in [-0.39, 0.29) is 6.42 Å². The van der Waals surface area contributed by atoms with Gasteiger partial charge in [-0.25, -0.2) is 9.59 Å². The molecule has 0 bridgehead atoms. The standard InChI is InChI=1S/C15H13NO5/c1-10-9-12(15(19)16-10)21-14(18)8-7-13(17)20-11-5-3-2-4-6-11/h2-8,12H,1,9H2,(H,16,19)/b8-7+. The quantitative estimate of drug-likeness (QED) is 0.509. The fourth-order valence-corrected chi connectivity index (χ4v) is 1.67. The SMILES string of the molecule is C=C1CC(OC(=O)/C=C/C(=O)Oc2ccccc2)C(=O)N1. The highest BCUT2D eigenvalue weighted by Crippen LogP contribution is 2.13. The average molecular weight is 287 g/mol. The van der Waals surface area contributed by atoms with E-state index in [1.54, 1.807) is 30.3 Å². The van der Waals surface area contributed by atoms with Crippen LogP contribution in [0.3, 0.4) is 0 Å². The van der Waals surface area contributed by atoms with E-state index in [0.717, 1.165) is 12.2 Å². The number of hydrogen-bond donors (Lipinski definition) is 1. The Morgan fingerprint density at radius 3 is 2.48 bits per heavy atom. The molecule has 1 unspecified atom stereocenters. The fraction of sp³-hybridized carbons (Fsp3) is 0.133. The summed E-state index contributed by atoms with van der Waals surface area (Å²) in [7, 11) is 0. The number of carbonyl (C=O) groups excluding carboxylic acids is 3. The summed E-state index contributed by atoms with van der Waals surface area (Å²) >= 11 is 0. The van der Waals surface area contributed by atoms with Crippen LogP contribution in [-0.4, -0.2) is 23.9 Å². The monoisotopic (exact) mass is 287 g/mol. The number of para-hydroxylation sites is 1. The van der Waals surface area contributed by atoms with Crippen molar-refractivity contribution in [3.8, 4) is 5.75 Å². The first kappa shape index (κ1) is 14.5. The van der Waals surface area contributed by atoms with Crippen molar-refractivity contribution in [1.82, 2.24) is 5.32 Å². The molecule has 0 radical (unpaired) electrons. The van der Waals surface area contributed by atoms with Gasteiger partial charge in [-0.2, -0.15) is 0 Å². The Morgan fingerprint density at radius 1 is 1.19 bits per heavy atom. The van der Waals surface area contributed by atoms with E-state index in [0.29, 0.717) is 11.4 Å². The van der Waals surface area contributed by atoms with Gasteiger partial charge in [-0.05, 0) is 12.1 Å². The molecule has 1 N–H and O–H groups in total. The number of esters is 2. The normalized spacial score (nSPS) is 17.6. The van der Waals surface area contributed by atoms with Gasteiger partial charge in [0.25, 0.3) is 5.91 Å². The molecule has 2 rings (SSSR count). The lowest BCUT2D eigenvalue weighted by Crippen LogP contribution is -2.26. The van der Waals surface area contributed by atoms with Crippen molar-refractivity contribution in [2.45, 2.75) is 12.5 Å². The molecule has 0 aliphatic carbocycles. The van der Waals surface area contributed by atoms with Crippen LogP contribution in [0.2, 0.25) is 0 Å². The van der Waals surface area contributed by atoms with E-state index >= 15 is 0 Å². The summed E-state index contributed by atoms with van der Waals surface area (Å²) in [6.45, 7) is 3.57. The fourth-order valence-electron chi connectivity index (χ4n) is 1.67. The second-order valence-corrected chi connectivity index (χ2v) is 4.29. The van der Waals surface area contributed by atoms with E-state index in [2.05, 4.69) is 11.9 Å². The zero-order valence-corrected chi connectivity index (χ0v) is 11.1. The summed E-state index contributed by atoms with van der Waals surface area (Å²) in [6.07, 6.45) is 1.18. The van der Waals surface area contributed by atoms with Crippen molar-refractivity contribution >= 4 is 17.8 Å². The molecule has 0 spiro atoms. The first-order valence-electron chi connectivity index (χ1n) is 6.19. The second-order valence-electron chi connectivity index (χ2n) is 4.29. The van der Waals surface area contributed by atoms with Gasteiger partial charge in [0, 0.05) is 24.3 Å². The largest absolute Gasteiger partial charge is 0.449 e. The van der Waals surface area contributed by atoms with Crippen LogP contribution in [0.1, 0.15) is 6.42 Å². The number of nitrogens with one attached hydrogen (secondary N) is 1. The minimum Gasteiger partial charge on any atom is -0.449 e. The maximum atomic E-state index is 11.5. The molecule has 1 aromatic carbocycles. The van der Waals surface area contributed by atoms with E-state index < -0.39 is 23.9 Å². The van der Waals surface area contributed by atoms with Gasteiger partial charge < -0.3 is 14.8 Å². The van der Waals surface area contributed by atoms with Crippen molar-refractivity contribution in [3.05, 3.63) is 54.8 Å². The summed E-state index contributed by atoms with van der Waals surface area (Å²) in [5.41, 5.74) is 0.491. The van der Waals surface area contributed by atoms with Crippen LogP contribution < -0.4 is 10.1 Å². The van der Waals surface area contributed by atoms with E-state index in [4.69, 9.17) is 9.47 Å². The number of hydrogen-bond acceptors (Lipinski definition) is 5. The summed E-state index contributed by atoms with van der Waals surface area (Å²) < 4.78 is 9.83. The van der Waals surface area contributed by atoms with E-state index in [1.165, 1.54) is 0 Å². The van der Waals surface area contributed by atoms with Crippen LogP contribution in [-0.2, 0) is 19.1 Å². The van der Waals surface area contributed by atoms with Gasteiger partial charge in [0.05, 0.1) is 0 Å². The molecule has 1 aromatic rings. The lowest BCUT2D eigenvalue weighted by atomic mass is 10.3. The molecule has 1 heterocycles. The first-order valence-corrected chi connectivity index (χ1v) is 6.19. The topological polar surface area (TPSA) is 81.7 Å². The highest BCUT2D eigenvalue weighted by Gasteiger charge is 2.29. The van der Waals surface area contributed by atoms with E-state index in [9.17, 15) is 14.4 Å². The number of ether oxygens (including phenoxy) is 2. The van der Waals surface area contributed by atoms with Gasteiger partial charge in [-0.1, -0.05) is 24.8 Å². The molecule has 1 amide bonds. The predicted molar refractivity (Wildman–Crippen MR) is 73.0 cm³/mol. The molecule has 0 saturated carbocycles. The maximum absolute atomic E-state index is 11.5. The lowest BCUT2D eigenvalue weighted by molar-refractivity contribution is -0.149. The molecule has 6 nitrogen and oxygen atoms in total. The summed E-state index contributed by atoms with van der Waals surface area (Å²) in [6, 6.07) is 8.43. The third-order valence-corrected chi connectivity index (χ3v) is 2.60. The third kappa shape index (κ3) is 4.31. The highest BCUT2D eigenvalue weighted by molar-refractivity contribution is 5.94. The zero-order valence-electron chi connectivity index (χ0n) is 11.1. The number of rotatable bonds is 4. The Morgan fingerprint density at radius 2 is 1.86 bits per heavy atom. The highest BCUT2D eigenvalue weighted by atomic mass is 16.5. The molecular formula is C15H13NO5. The zero-order chi connectivity index (χ0) is 15.2. The Hall–Kier alpha value is -2.89. The minimum atomic E-state index is -0.903. The van der Waals surface area contributed by atoms with Crippen molar-refractivity contribution < 1.29 is 23.9 Å². The van der Waals surface area contributed by atoms with Gasteiger partial charge in [0.1, 0.15) is 5.75 Å².